The molecular weight excluding hydrogens is 294 g/mol. The standard InChI is InChI=1S/C18H13NO4/c20-17(21)14-7-6-13-8-9-19(11-12-4-2-1-3-5-12)16(18(22)23)15(13)10-14/h1-10H,11H2,(H-,20,21,22,23)/p+1. The van der Waals surface area contributed by atoms with Crippen molar-refractivity contribution in [3.8, 4) is 0 Å². The highest BCUT2D eigenvalue weighted by Crippen LogP contribution is 2.18. The Balaban J connectivity index is 2.20. The molecule has 0 atom stereocenters. The Morgan fingerprint density at radius 1 is 0.913 bits per heavy atom. The van der Waals surface area contributed by atoms with E-state index >= 15 is 0 Å². The molecule has 0 saturated heterocycles. The molecule has 0 saturated carbocycles. The van der Waals surface area contributed by atoms with Crippen molar-refractivity contribution in [1.82, 2.24) is 0 Å². The lowest BCUT2D eigenvalue weighted by Gasteiger charge is -2.06. The minimum atomic E-state index is -1.09. The van der Waals surface area contributed by atoms with Gasteiger partial charge in [-0.05, 0) is 17.5 Å². The van der Waals surface area contributed by atoms with E-state index in [1.54, 1.807) is 22.9 Å². The molecule has 0 bridgehead atoms. The summed E-state index contributed by atoms with van der Waals surface area (Å²) in [5.74, 6) is -2.17. The fraction of sp³-hybridized carbons (Fsp3) is 0.0556. The predicted octanol–water partition coefficient (Wildman–Crippen LogP) is 2.57. The van der Waals surface area contributed by atoms with Gasteiger partial charge in [0.05, 0.1) is 10.9 Å². The molecule has 114 valence electrons. The zero-order valence-corrected chi connectivity index (χ0v) is 12.1. The molecule has 23 heavy (non-hydrogen) atoms. The third kappa shape index (κ3) is 2.89. The Morgan fingerprint density at radius 3 is 2.30 bits per heavy atom. The second-order valence-electron chi connectivity index (χ2n) is 5.19. The summed E-state index contributed by atoms with van der Waals surface area (Å²) in [7, 11) is 0. The molecule has 0 radical (unpaired) electrons. The van der Waals surface area contributed by atoms with Crippen molar-refractivity contribution in [2.24, 2.45) is 0 Å². The predicted molar refractivity (Wildman–Crippen MR) is 83.6 cm³/mol. The normalized spacial score (nSPS) is 10.6. The Kier molecular flexibility index (Phi) is 3.76. The molecule has 5 heteroatoms. The lowest BCUT2D eigenvalue weighted by Crippen LogP contribution is -2.41. The topological polar surface area (TPSA) is 78.5 Å². The first kappa shape index (κ1) is 14.7. The van der Waals surface area contributed by atoms with Gasteiger partial charge >= 0.3 is 11.9 Å². The van der Waals surface area contributed by atoms with Crippen LogP contribution in [0.5, 0.6) is 0 Å². The molecule has 1 aromatic heterocycles. The highest BCUT2D eigenvalue weighted by molar-refractivity contribution is 6.03. The van der Waals surface area contributed by atoms with Crippen molar-refractivity contribution in [2.45, 2.75) is 6.54 Å². The summed E-state index contributed by atoms with van der Waals surface area (Å²) in [5.41, 5.74) is 1.11. The zero-order chi connectivity index (χ0) is 16.4. The van der Waals surface area contributed by atoms with E-state index in [1.807, 2.05) is 30.3 Å². The molecule has 5 nitrogen and oxygen atoms in total. The molecule has 0 unspecified atom stereocenters. The van der Waals surface area contributed by atoms with E-state index in [-0.39, 0.29) is 11.3 Å². The second-order valence-corrected chi connectivity index (χ2v) is 5.19. The smallest absolute Gasteiger partial charge is 0.401 e. The summed E-state index contributed by atoms with van der Waals surface area (Å²) < 4.78 is 1.62. The number of nitrogens with zero attached hydrogens (tertiary/aromatic N) is 1. The number of carbonyl (C=O) groups is 2. The largest absolute Gasteiger partial charge is 0.478 e. The monoisotopic (exact) mass is 308 g/mol. The Labute approximate surface area is 132 Å². The second kappa shape index (κ2) is 5.88. The number of carboxylic acids is 2. The number of fused-ring (bicyclic) bond motifs is 1. The van der Waals surface area contributed by atoms with Gasteiger partial charge in [0.2, 0.25) is 0 Å². The van der Waals surface area contributed by atoms with Crippen molar-refractivity contribution in [3.63, 3.8) is 0 Å². The summed E-state index contributed by atoms with van der Waals surface area (Å²) in [4.78, 5) is 22.9. The van der Waals surface area contributed by atoms with Crippen LogP contribution in [0.2, 0.25) is 0 Å². The first-order valence-corrected chi connectivity index (χ1v) is 7.03. The average Bonchev–Trinajstić information content (AvgIpc) is 2.54. The highest BCUT2D eigenvalue weighted by atomic mass is 16.4. The van der Waals surface area contributed by atoms with Crippen LogP contribution >= 0.6 is 0 Å². The minimum absolute atomic E-state index is 0.0671. The van der Waals surface area contributed by atoms with Crippen molar-refractivity contribution < 1.29 is 24.4 Å². The Hall–Kier alpha value is -3.21. The van der Waals surface area contributed by atoms with Gasteiger partial charge in [0.1, 0.15) is 0 Å². The molecule has 2 aromatic carbocycles. The molecule has 0 aliphatic rings. The molecule has 0 aliphatic heterocycles. The maximum atomic E-state index is 11.7. The molecule has 3 rings (SSSR count). The lowest BCUT2D eigenvalue weighted by molar-refractivity contribution is -0.689. The van der Waals surface area contributed by atoms with Crippen LogP contribution in [0.1, 0.15) is 26.4 Å². The van der Waals surface area contributed by atoms with E-state index in [4.69, 9.17) is 5.11 Å². The first-order valence-electron chi connectivity index (χ1n) is 7.03. The maximum Gasteiger partial charge on any atom is 0.401 e. The SMILES string of the molecule is O=C(O)c1ccc2cc[n+](Cc3ccccc3)c(C(=O)O)c2c1. The maximum absolute atomic E-state index is 11.7. The van der Waals surface area contributed by atoms with Gasteiger partial charge in [-0.1, -0.05) is 36.4 Å². The van der Waals surface area contributed by atoms with Crippen LogP contribution < -0.4 is 4.57 Å². The van der Waals surface area contributed by atoms with Gasteiger partial charge < -0.3 is 10.2 Å². The van der Waals surface area contributed by atoms with E-state index < -0.39 is 11.9 Å². The molecular formula is C18H14NO4+. The number of pyridine rings is 1. The fourth-order valence-electron chi connectivity index (χ4n) is 2.59. The van der Waals surface area contributed by atoms with Crippen LogP contribution in [-0.2, 0) is 6.54 Å². The molecule has 0 spiro atoms. The molecule has 3 aromatic rings. The first-order chi connectivity index (χ1) is 11.1. The summed E-state index contributed by atoms with van der Waals surface area (Å²) in [6, 6.07) is 15.8. The Morgan fingerprint density at radius 2 is 1.65 bits per heavy atom. The minimum Gasteiger partial charge on any atom is -0.478 e. The summed E-state index contributed by atoms with van der Waals surface area (Å²) in [6.07, 6.45) is 1.71. The third-order valence-corrected chi connectivity index (χ3v) is 3.67. The number of hydrogen-bond acceptors (Lipinski definition) is 2. The van der Waals surface area contributed by atoms with Crippen LogP contribution in [0, 0.1) is 0 Å². The van der Waals surface area contributed by atoms with Crippen LogP contribution in [0.15, 0.2) is 60.8 Å². The van der Waals surface area contributed by atoms with Gasteiger partial charge in [-0.2, -0.15) is 4.57 Å². The molecule has 1 heterocycles. The summed E-state index contributed by atoms with van der Waals surface area (Å²) in [6.45, 7) is 0.399. The van der Waals surface area contributed by atoms with E-state index in [1.165, 1.54) is 12.1 Å². The van der Waals surface area contributed by atoms with Crippen LogP contribution in [0.25, 0.3) is 10.8 Å². The molecule has 0 amide bonds. The summed E-state index contributed by atoms with van der Waals surface area (Å²) >= 11 is 0. The van der Waals surface area contributed by atoms with E-state index in [0.29, 0.717) is 17.3 Å². The molecule has 2 N–H and O–H groups in total. The van der Waals surface area contributed by atoms with Crippen molar-refractivity contribution in [3.05, 3.63) is 77.6 Å². The zero-order valence-electron chi connectivity index (χ0n) is 12.1. The fourth-order valence-corrected chi connectivity index (χ4v) is 2.59. The van der Waals surface area contributed by atoms with Gasteiger partial charge in [-0.3, -0.25) is 0 Å². The van der Waals surface area contributed by atoms with Gasteiger partial charge in [0.25, 0.3) is 5.69 Å². The number of benzene rings is 2. The third-order valence-electron chi connectivity index (χ3n) is 3.67. The van der Waals surface area contributed by atoms with Gasteiger partial charge in [0, 0.05) is 11.6 Å². The van der Waals surface area contributed by atoms with E-state index in [2.05, 4.69) is 0 Å². The number of carboxylic acid groups (broad SMARTS) is 2. The summed E-state index contributed by atoms with van der Waals surface area (Å²) in [5, 5.41) is 19.8. The highest BCUT2D eigenvalue weighted by Gasteiger charge is 2.23. The number of aromatic carboxylic acids is 2. The van der Waals surface area contributed by atoms with Gasteiger partial charge in [-0.15, -0.1) is 0 Å². The van der Waals surface area contributed by atoms with E-state index in [9.17, 15) is 14.7 Å². The quantitative estimate of drug-likeness (QED) is 0.726. The van der Waals surface area contributed by atoms with Crippen molar-refractivity contribution in [2.75, 3.05) is 0 Å². The van der Waals surface area contributed by atoms with Gasteiger partial charge in [-0.25, -0.2) is 9.59 Å². The molecule has 0 fully saturated rings. The number of hydrogen-bond donors (Lipinski definition) is 2. The van der Waals surface area contributed by atoms with Crippen LogP contribution in [0.4, 0.5) is 0 Å². The van der Waals surface area contributed by atoms with Crippen LogP contribution in [0.3, 0.4) is 0 Å². The molecule has 0 aliphatic carbocycles. The van der Waals surface area contributed by atoms with Gasteiger partial charge in [0.15, 0.2) is 12.7 Å². The lowest BCUT2D eigenvalue weighted by atomic mass is 10.1. The van der Waals surface area contributed by atoms with Crippen molar-refractivity contribution in [1.29, 1.82) is 0 Å². The average molecular weight is 308 g/mol. The number of rotatable bonds is 4. The Bertz CT molecular complexity index is 904. The van der Waals surface area contributed by atoms with Crippen LogP contribution in [-0.4, -0.2) is 22.2 Å². The van der Waals surface area contributed by atoms with E-state index in [0.717, 1.165) is 5.56 Å². The number of aromatic nitrogens is 1. The van der Waals surface area contributed by atoms with Crippen molar-refractivity contribution >= 4 is 22.7 Å².